The summed E-state index contributed by atoms with van der Waals surface area (Å²) in [5.41, 5.74) is 1.95. The number of benzene rings is 2. The predicted octanol–water partition coefficient (Wildman–Crippen LogP) is 6.18. The lowest BCUT2D eigenvalue weighted by Crippen LogP contribution is -2.43. The number of carbonyl (C=O) groups excluding carboxylic acids is 2. The maximum Gasteiger partial charge on any atom is 0.416 e. The van der Waals surface area contributed by atoms with E-state index in [-0.39, 0.29) is 35.1 Å². The molecular formula is C25H24F3NO2. The number of amides is 1. The van der Waals surface area contributed by atoms with Crippen molar-refractivity contribution < 1.29 is 22.8 Å². The molecule has 1 unspecified atom stereocenters. The molecule has 2 aliphatic rings. The number of alkyl halides is 3. The number of carbonyl (C=O) groups is 2. The first-order chi connectivity index (χ1) is 14.5. The van der Waals surface area contributed by atoms with Gasteiger partial charge in [0.05, 0.1) is 5.56 Å². The summed E-state index contributed by atoms with van der Waals surface area (Å²) in [4.78, 5) is 27.9. The number of hydrogen-bond acceptors (Lipinski definition) is 2. The molecule has 0 bridgehead atoms. The van der Waals surface area contributed by atoms with E-state index in [2.05, 4.69) is 0 Å². The zero-order valence-electron chi connectivity index (χ0n) is 17.7. The standard InChI is InChI=1S/C25H24F3NO2/c1-15-6-4-7-16(10-15)19-12-22(31)29(18-9-5-8-17(11-18)25(26,27)28)20-13-24(2,3)14-21(30)23(19)20/h4-11,19H,12-14H2,1-3H3. The number of anilines is 1. The van der Waals surface area contributed by atoms with Gasteiger partial charge in [0.2, 0.25) is 5.91 Å². The number of nitrogens with zero attached hydrogens (tertiary/aromatic N) is 1. The molecule has 1 aliphatic carbocycles. The van der Waals surface area contributed by atoms with Crippen LogP contribution in [0.3, 0.4) is 0 Å². The number of halogens is 3. The van der Waals surface area contributed by atoms with Gasteiger partial charge >= 0.3 is 6.18 Å². The van der Waals surface area contributed by atoms with Gasteiger partial charge in [-0.05, 0) is 42.5 Å². The third-order valence-corrected chi connectivity index (χ3v) is 6.02. The van der Waals surface area contributed by atoms with Gasteiger partial charge in [-0.2, -0.15) is 13.2 Å². The normalized spacial score (nSPS) is 21.4. The third kappa shape index (κ3) is 4.03. The number of allylic oxidation sites excluding steroid dienone is 2. The molecule has 0 saturated heterocycles. The molecule has 3 nitrogen and oxygen atoms in total. The van der Waals surface area contributed by atoms with Crippen LogP contribution in [-0.4, -0.2) is 11.7 Å². The van der Waals surface area contributed by atoms with E-state index in [9.17, 15) is 22.8 Å². The molecule has 0 radical (unpaired) electrons. The van der Waals surface area contributed by atoms with Crippen LogP contribution in [0.2, 0.25) is 0 Å². The molecule has 0 aromatic heterocycles. The zero-order valence-corrected chi connectivity index (χ0v) is 17.7. The molecular weight excluding hydrogens is 403 g/mol. The highest BCUT2D eigenvalue weighted by Gasteiger charge is 2.44. The highest BCUT2D eigenvalue weighted by Crippen LogP contribution is 2.48. The van der Waals surface area contributed by atoms with Gasteiger partial charge in [-0.15, -0.1) is 0 Å². The van der Waals surface area contributed by atoms with E-state index in [1.807, 2.05) is 45.0 Å². The van der Waals surface area contributed by atoms with E-state index in [0.29, 0.717) is 24.1 Å². The van der Waals surface area contributed by atoms with E-state index >= 15 is 0 Å². The van der Waals surface area contributed by atoms with Crippen molar-refractivity contribution in [1.82, 2.24) is 0 Å². The molecule has 0 fully saturated rings. The second kappa shape index (κ2) is 7.36. The Kier molecular flexibility index (Phi) is 5.07. The van der Waals surface area contributed by atoms with Crippen molar-refractivity contribution >= 4 is 17.4 Å². The number of ketones is 1. The van der Waals surface area contributed by atoms with Gasteiger partial charge in [-0.1, -0.05) is 49.7 Å². The highest BCUT2D eigenvalue weighted by molar-refractivity contribution is 6.07. The van der Waals surface area contributed by atoms with E-state index in [1.165, 1.54) is 17.0 Å². The Morgan fingerprint density at radius 1 is 1.00 bits per heavy atom. The van der Waals surface area contributed by atoms with Crippen LogP contribution >= 0.6 is 0 Å². The molecule has 31 heavy (non-hydrogen) atoms. The average Bonchev–Trinajstić information content (AvgIpc) is 2.65. The van der Waals surface area contributed by atoms with E-state index in [4.69, 9.17) is 0 Å². The van der Waals surface area contributed by atoms with Crippen molar-refractivity contribution in [2.75, 3.05) is 4.90 Å². The third-order valence-electron chi connectivity index (χ3n) is 6.02. The van der Waals surface area contributed by atoms with Gasteiger partial charge in [0.25, 0.3) is 0 Å². The van der Waals surface area contributed by atoms with Crippen molar-refractivity contribution in [3.05, 3.63) is 76.5 Å². The van der Waals surface area contributed by atoms with Crippen LogP contribution in [0.5, 0.6) is 0 Å². The molecule has 0 N–H and O–H groups in total. The smallest absolute Gasteiger partial charge is 0.294 e. The summed E-state index contributed by atoms with van der Waals surface area (Å²) in [5.74, 6) is -0.717. The molecule has 1 heterocycles. The number of aryl methyl sites for hydroxylation is 1. The summed E-state index contributed by atoms with van der Waals surface area (Å²) in [6.07, 6.45) is -3.68. The summed E-state index contributed by atoms with van der Waals surface area (Å²) in [7, 11) is 0. The van der Waals surface area contributed by atoms with Crippen LogP contribution < -0.4 is 4.90 Å². The first-order valence-electron chi connectivity index (χ1n) is 10.3. The van der Waals surface area contributed by atoms with Gasteiger partial charge < -0.3 is 0 Å². The van der Waals surface area contributed by atoms with Crippen LogP contribution in [0, 0.1) is 12.3 Å². The fourth-order valence-corrected chi connectivity index (χ4v) is 4.71. The van der Waals surface area contributed by atoms with E-state index in [0.717, 1.165) is 23.3 Å². The predicted molar refractivity (Wildman–Crippen MR) is 113 cm³/mol. The maximum atomic E-state index is 13.3. The molecule has 2 aromatic carbocycles. The second-order valence-electron chi connectivity index (χ2n) is 9.25. The maximum absolute atomic E-state index is 13.3. The van der Waals surface area contributed by atoms with Crippen LogP contribution in [0.4, 0.5) is 18.9 Å². The molecule has 1 aliphatic heterocycles. The lowest BCUT2D eigenvalue weighted by atomic mass is 9.69. The zero-order chi connectivity index (χ0) is 22.6. The average molecular weight is 427 g/mol. The first kappa shape index (κ1) is 21.3. The van der Waals surface area contributed by atoms with Gasteiger partial charge in [0.1, 0.15) is 0 Å². The summed E-state index contributed by atoms with van der Waals surface area (Å²) in [6.45, 7) is 5.84. The lowest BCUT2D eigenvalue weighted by molar-refractivity contribution is -0.137. The minimum absolute atomic E-state index is 0.0396. The molecule has 0 spiro atoms. The van der Waals surface area contributed by atoms with E-state index in [1.54, 1.807) is 0 Å². The largest absolute Gasteiger partial charge is 0.416 e. The molecule has 2 aromatic rings. The van der Waals surface area contributed by atoms with Crippen LogP contribution in [0.1, 0.15) is 55.7 Å². The van der Waals surface area contributed by atoms with Gasteiger partial charge in [0.15, 0.2) is 5.78 Å². The van der Waals surface area contributed by atoms with Crippen molar-refractivity contribution in [2.24, 2.45) is 5.41 Å². The van der Waals surface area contributed by atoms with Crippen LogP contribution in [-0.2, 0) is 15.8 Å². The first-order valence-corrected chi connectivity index (χ1v) is 10.3. The fourth-order valence-electron chi connectivity index (χ4n) is 4.71. The summed E-state index contributed by atoms with van der Waals surface area (Å²) in [5, 5.41) is 0. The number of hydrogen-bond donors (Lipinski definition) is 0. The summed E-state index contributed by atoms with van der Waals surface area (Å²) >= 11 is 0. The monoisotopic (exact) mass is 427 g/mol. The van der Waals surface area contributed by atoms with Crippen LogP contribution in [0.15, 0.2) is 59.8 Å². The molecule has 0 saturated carbocycles. The molecule has 4 rings (SSSR count). The van der Waals surface area contributed by atoms with Crippen LogP contribution in [0.25, 0.3) is 0 Å². The lowest BCUT2D eigenvalue weighted by Gasteiger charge is -2.43. The topological polar surface area (TPSA) is 37.4 Å². The van der Waals surface area contributed by atoms with Crippen molar-refractivity contribution in [3.8, 4) is 0 Å². The Morgan fingerprint density at radius 3 is 2.39 bits per heavy atom. The van der Waals surface area contributed by atoms with Crippen molar-refractivity contribution in [2.45, 2.75) is 52.1 Å². The molecule has 1 amide bonds. The van der Waals surface area contributed by atoms with Crippen molar-refractivity contribution in [1.29, 1.82) is 0 Å². The SMILES string of the molecule is Cc1cccc(C2CC(=O)N(c3cccc(C(F)(F)F)c3)C3=C2C(=O)CC(C)(C)C3)c1. The Hall–Kier alpha value is -2.89. The van der Waals surface area contributed by atoms with E-state index < -0.39 is 11.7 Å². The fraction of sp³-hybridized carbons (Fsp3) is 0.360. The summed E-state index contributed by atoms with van der Waals surface area (Å²) in [6, 6.07) is 12.5. The Morgan fingerprint density at radius 2 is 1.71 bits per heavy atom. The van der Waals surface area contributed by atoms with Gasteiger partial charge in [0, 0.05) is 35.7 Å². The quantitative estimate of drug-likeness (QED) is 0.574. The Balaban J connectivity index is 1.90. The van der Waals surface area contributed by atoms with Gasteiger partial charge in [-0.25, -0.2) is 0 Å². The molecule has 6 heteroatoms. The molecule has 1 atom stereocenters. The minimum atomic E-state index is -4.52. The molecule has 162 valence electrons. The van der Waals surface area contributed by atoms with Gasteiger partial charge in [-0.3, -0.25) is 14.5 Å². The Bertz CT molecular complexity index is 1100. The van der Waals surface area contributed by atoms with Crippen molar-refractivity contribution in [3.63, 3.8) is 0 Å². The number of rotatable bonds is 2. The highest BCUT2D eigenvalue weighted by atomic mass is 19.4. The second-order valence-corrected chi connectivity index (χ2v) is 9.25. The number of Topliss-reactive ketones (excluding diaryl/α,β-unsaturated/α-hetero) is 1. The summed E-state index contributed by atoms with van der Waals surface area (Å²) < 4.78 is 39.9. The Labute approximate surface area is 179 Å². The minimum Gasteiger partial charge on any atom is -0.294 e.